The fourth-order valence-electron chi connectivity index (χ4n) is 2.68. The molecule has 0 bridgehead atoms. The molecule has 126 valence electrons. The van der Waals surface area contributed by atoms with Crippen molar-refractivity contribution in [3.63, 3.8) is 0 Å². The molecule has 2 heteroatoms. The van der Waals surface area contributed by atoms with E-state index >= 15 is 0 Å². The lowest BCUT2D eigenvalue weighted by molar-refractivity contribution is 0.288. The molecule has 0 saturated carbocycles. The van der Waals surface area contributed by atoms with Gasteiger partial charge in [-0.3, -0.25) is 0 Å². The Morgan fingerprint density at radius 1 is 0.864 bits per heavy atom. The Kier molecular flexibility index (Phi) is 11.8. The zero-order valence-electron chi connectivity index (χ0n) is 14.4. The lowest BCUT2D eigenvalue weighted by Gasteiger charge is -2.08. The molecule has 0 fully saturated rings. The number of benzene rings is 1. The van der Waals surface area contributed by atoms with Crippen LogP contribution in [0.4, 0.5) is 0 Å². The highest BCUT2D eigenvalue weighted by Crippen LogP contribution is 2.15. The SMILES string of the molecule is CCCCCCCCCCCOc1cccc(CCCO)c1. The summed E-state index contributed by atoms with van der Waals surface area (Å²) in [5.74, 6) is 0.968. The summed E-state index contributed by atoms with van der Waals surface area (Å²) in [6.07, 6.45) is 13.8. The van der Waals surface area contributed by atoms with Crippen LogP contribution >= 0.6 is 0 Å². The Morgan fingerprint density at radius 3 is 2.23 bits per heavy atom. The Hall–Kier alpha value is -1.02. The van der Waals surface area contributed by atoms with Gasteiger partial charge in [-0.2, -0.15) is 0 Å². The smallest absolute Gasteiger partial charge is 0.119 e. The molecule has 0 aromatic heterocycles. The average Bonchev–Trinajstić information content (AvgIpc) is 2.55. The molecule has 2 nitrogen and oxygen atoms in total. The van der Waals surface area contributed by atoms with Gasteiger partial charge in [0.05, 0.1) is 6.61 Å². The topological polar surface area (TPSA) is 29.5 Å². The summed E-state index contributed by atoms with van der Waals surface area (Å²) in [6, 6.07) is 8.26. The number of ether oxygens (including phenoxy) is 1. The van der Waals surface area contributed by atoms with Crippen LogP contribution in [0.1, 0.15) is 76.7 Å². The van der Waals surface area contributed by atoms with Crippen LogP contribution in [0.5, 0.6) is 5.75 Å². The first kappa shape index (κ1) is 19.0. The molecule has 0 amide bonds. The molecule has 0 aliphatic heterocycles. The highest BCUT2D eigenvalue weighted by molar-refractivity contribution is 5.28. The third-order valence-corrected chi connectivity index (χ3v) is 4.04. The van der Waals surface area contributed by atoms with Gasteiger partial charge in [-0.05, 0) is 37.0 Å². The summed E-state index contributed by atoms with van der Waals surface area (Å²) in [5.41, 5.74) is 1.25. The van der Waals surface area contributed by atoms with Crippen molar-refractivity contribution < 1.29 is 9.84 Å². The standard InChI is InChI=1S/C20H34O2/c1-2-3-4-5-6-7-8-9-10-17-22-20-15-11-13-19(18-20)14-12-16-21/h11,13,15,18,21H,2-10,12,14,16-17H2,1H3. The van der Waals surface area contributed by atoms with Crippen molar-refractivity contribution in [3.05, 3.63) is 29.8 Å². The summed E-state index contributed by atoms with van der Waals surface area (Å²) < 4.78 is 5.82. The van der Waals surface area contributed by atoms with Crippen LogP contribution in [0, 0.1) is 0 Å². The maximum absolute atomic E-state index is 8.87. The van der Waals surface area contributed by atoms with Crippen molar-refractivity contribution >= 4 is 0 Å². The molecule has 0 atom stereocenters. The van der Waals surface area contributed by atoms with E-state index in [1.54, 1.807) is 0 Å². The first-order valence-corrected chi connectivity index (χ1v) is 9.19. The van der Waals surface area contributed by atoms with E-state index in [1.807, 2.05) is 12.1 Å². The predicted octanol–water partition coefficient (Wildman–Crippen LogP) is 5.52. The van der Waals surface area contributed by atoms with E-state index in [4.69, 9.17) is 9.84 Å². The minimum absolute atomic E-state index is 0.254. The van der Waals surface area contributed by atoms with Gasteiger partial charge < -0.3 is 9.84 Å². The Morgan fingerprint density at radius 2 is 1.55 bits per heavy atom. The van der Waals surface area contributed by atoms with Gasteiger partial charge in [-0.1, -0.05) is 70.4 Å². The van der Waals surface area contributed by atoms with Gasteiger partial charge >= 0.3 is 0 Å². The van der Waals surface area contributed by atoms with Crippen molar-refractivity contribution in [1.29, 1.82) is 0 Å². The van der Waals surface area contributed by atoms with E-state index in [-0.39, 0.29) is 6.61 Å². The van der Waals surface area contributed by atoms with Crippen molar-refractivity contribution in [3.8, 4) is 5.75 Å². The second-order valence-corrected chi connectivity index (χ2v) is 6.15. The first-order chi connectivity index (χ1) is 10.9. The maximum atomic E-state index is 8.87. The minimum Gasteiger partial charge on any atom is -0.494 e. The van der Waals surface area contributed by atoms with E-state index < -0.39 is 0 Å². The Bertz CT molecular complexity index is 362. The lowest BCUT2D eigenvalue weighted by Crippen LogP contribution is -1.98. The Labute approximate surface area is 136 Å². The van der Waals surface area contributed by atoms with Crippen LogP contribution in [-0.2, 0) is 6.42 Å². The summed E-state index contributed by atoms with van der Waals surface area (Å²) in [6.45, 7) is 3.34. The average molecular weight is 306 g/mol. The van der Waals surface area contributed by atoms with Gasteiger partial charge in [0, 0.05) is 6.61 Å². The summed E-state index contributed by atoms with van der Waals surface area (Å²) in [5, 5.41) is 8.87. The van der Waals surface area contributed by atoms with Crippen LogP contribution in [0.2, 0.25) is 0 Å². The molecule has 1 rings (SSSR count). The Balaban J connectivity index is 2.00. The molecule has 1 aromatic carbocycles. The van der Waals surface area contributed by atoms with E-state index in [0.717, 1.165) is 31.6 Å². The van der Waals surface area contributed by atoms with Gasteiger partial charge in [0.1, 0.15) is 5.75 Å². The second-order valence-electron chi connectivity index (χ2n) is 6.15. The molecular weight excluding hydrogens is 272 g/mol. The lowest BCUT2D eigenvalue weighted by atomic mass is 10.1. The number of aliphatic hydroxyl groups excluding tert-OH is 1. The molecule has 0 spiro atoms. The fourth-order valence-corrected chi connectivity index (χ4v) is 2.68. The zero-order valence-corrected chi connectivity index (χ0v) is 14.4. The second kappa shape index (κ2) is 13.6. The number of rotatable bonds is 14. The maximum Gasteiger partial charge on any atom is 0.119 e. The van der Waals surface area contributed by atoms with Gasteiger partial charge in [0.15, 0.2) is 0 Å². The van der Waals surface area contributed by atoms with E-state index in [0.29, 0.717) is 0 Å². The number of hydrogen-bond donors (Lipinski definition) is 1. The fraction of sp³-hybridized carbons (Fsp3) is 0.700. The first-order valence-electron chi connectivity index (χ1n) is 9.19. The van der Waals surface area contributed by atoms with Crippen LogP contribution in [0.3, 0.4) is 0 Å². The number of aliphatic hydroxyl groups is 1. The van der Waals surface area contributed by atoms with Crippen LogP contribution in [0.25, 0.3) is 0 Å². The summed E-state index contributed by atoms with van der Waals surface area (Å²) in [7, 11) is 0. The quantitative estimate of drug-likeness (QED) is 0.458. The highest BCUT2D eigenvalue weighted by atomic mass is 16.5. The van der Waals surface area contributed by atoms with Gasteiger partial charge in [-0.15, -0.1) is 0 Å². The highest BCUT2D eigenvalue weighted by Gasteiger charge is 1.98. The molecule has 1 N–H and O–H groups in total. The third kappa shape index (κ3) is 9.83. The van der Waals surface area contributed by atoms with Crippen molar-refractivity contribution in [1.82, 2.24) is 0 Å². The zero-order chi connectivity index (χ0) is 15.9. The third-order valence-electron chi connectivity index (χ3n) is 4.04. The molecular formula is C20H34O2. The molecule has 1 aromatic rings. The number of aryl methyl sites for hydroxylation is 1. The molecule has 0 aliphatic rings. The monoisotopic (exact) mass is 306 g/mol. The van der Waals surface area contributed by atoms with Crippen molar-refractivity contribution in [2.75, 3.05) is 13.2 Å². The van der Waals surface area contributed by atoms with Gasteiger partial charge in [0.25, 0.3) is 0 Å². The molecule has 0 heterocycles. The molecule has 0 aliphatic carbocycles. The van der Waals surface area contributed by atoms with E-state index in [2.05, 4.69) is 19.1 Å². The van der Waals surface area contributed by atoms with Crippen LogP contribution < -0.4 is 4.74 Å². The number of unbranched alkanes of at least 4 members (excludes halogenated alkanes) is 8. The predicted molar refractivity (Wildman–Crippen MR) is 94.6 cm³/mol. The van der Waals surface area contributed by atoms with Crippen LogP contribution in [-0.4, -0.2) is 18.3 Å². The van der Waals surface area contributed by atoms with Gasteiger partial charge in [0.2, 0.25) is 0 Å². The van der Waals surface area contributed by atoms with Crippen molar-refractivity contribution in [2.24, 2.45) is 0 Å². The summed E-state index contributed by atoms with van der Waals surface area (Å²) in [4.78, 5) is 0. The van der Waals surface area contributed by atoms with E-state index in [9.17, 15) is 0 Å². The van der Waals surface area contributed by atoms with Gasteiger partial charge in [-0.25, -0.2) is 0 Å². The largest absolute Gasteiger partial charge is 0.494 e. The molecule has 0 saturated heterocycles. The minimum atomic E-state index is 0.254. The molecule has 22 heavy (non-hydrogen) atoms. The van der Waals surface area contributed by atoms with Crippen LogP contribution in [0.15, 0.2) is 24.3 Å². The molecule has 0 unspecified atom stereocenters. The number of hydrogen-bond acceptors (Lipinski definition) is 2. The summed E-state index contributed by atoms with van der Waals surface area (Å²) >= 11 is 0. The van der Waals surface area contributed by atoms with Crippen molar-refractivity contribution in [2.45, 2.75) is 77.6 Å². The normalized spacial score (nSPS) is 10.8. The van der Waals surface area contributed by atoms with E-state index in [1.165, 1.54) is 56.9 Å². The molecule has 0 radical (unpaired) electrons.